The van der Waals surface area contributed by atoms with Gasteiger partial charge in [-0.2, -0.15) is 0 Å². The Kier molecular flexibility index (Phi) is 8.27. The summed E-state index contributed by atoms with van der Waals surface area (Å²) >= 11 is 1.77. The molecule has 0 saturated carbocycles. The number of likely N-dealkylation sites (tertiary alicyclic amines) is 1. The van der Waals surface area contributed by atoms with Crippen molar-refractivity contribution >= 4 is 41.7 Å². The zero-order valence-electron chi connectivity index (χ0n) is 15.6. The molecule has 0 radical (unpaired) electrons. The first-order chi connectivity index (χ1) is 12.2. The van der Waals surface area contributed by atoms with Crippen molar-refractivity contribution in [2.24, 2.45) is 10.9 Å². The fourth-order valence-electron chi connectivity index (χ4n) is 3.35. The number of rotatable bonds is 4. The van der Waals surface area contributed by atoms with Crippen LogP contribution in [0.1, 0.15) is 24.9 Å². The molecule has 26 heavy (non-hydrogen) atoms. The van der Waals surface area contributed by atoms with Gasteiger partial charge in [-0.05, 0) is 36.3 Å². The van der Waals surface area contributed by atoms with Crippen molar-refractivity contribution in [3.8, 4) is 0 Å². The van der Waals surface area contributed by atoms with Gasteiger partial charge >= 0.3 is 0 Å². The maximum atomic E-state index is 4.50. The third kappa shape index (κ3) is 5.16. The number of thioether (sulfide) groups is 1. The van der Waals surface area contributed by atoms with E-state index in [4.69, 9.17) is 0 Å². The lowest BCUT2D eigenvalue weighted by atomic mass is 9.93. The molecule has 1 fully saturated rings. The van der Waals surface area contributed by atoms with Gasteiger partial charge in [0.15, 0.2) is 5.96 Å². The minimum absolute atomic E-state index is 0. The highest BCUT2D eigenvalue weighted by Crippen LogP contribution is 2.27. The largest absolute Gasteiger partial charge is 0.352 e. The van der Waals surface area contributed by atoms with Crippen molar-refractivity contribution in [1.29, 1.82) is 0 Å². The Balaban J connectivity index is 0.00000243. The Morgan fingerprint density at radius 2 is 2.12 bits per heavy atom. The van der Waals surface area contributed by atoms with E-state index in [1.54, 1.807) is 11.8 Å². The summed E-state index contributed by atoms with van der Waals surface area (Å²) < 4.78 is 2.23. The van der Waals surface area contributed by atoms with Gasteiger partial charge in [-0.3, -0.25) is 4.99 Å². The van der Waals surface area contributed by atoms with Crippen LogP contribution in [0.2, 0.25) is 0 Å². The topological polar surface area (TPSA) is 45.5 Å². The number of halogens is 1. The Morgan fingerprint density at radius 3 is 2.73 bits per heavy atom. The molecule has 142 valence electrons. The number of hydrogen-bond acceptors (Lipinski definition) is 3. The first-order valence-electron chi connectivity index (χ1n) is 8.77. The molecule has 3 rings (SSSR count). The van der Waals surface area contributed by atoms with Crippen LogP contribution < -0.4 is 5.32 Å². The quantitative estimate of drug-likeness (QED) is 0.309. The van der Waals surface area contributed by atoms with Crippen LogP contribution in [0.5, 0.6) is 0 Å². The van der Waals surface area contributed by atoms with Crippen molar-refractivity contribution in [1.82, 2.24) is 19.8 Å². The number of imidazole rings is 1. The summed E-state index contributed by atoms with van der Waals surface area (Å²) in [5.74, 6) is 1.62. The number of aliphatic imine (C=N–C) groups is 1. The maximum Gasteiger partial charge on any atom is 0.193 e. The lowest BCUT2D eigenvalue weighted by Crippen LogP contribution is -2.48. The van der Waals surface area contributed by atoms with Crippen LogP contribution in [-0.2, 0) is 6.54 Å². The lowest BCUT2D eigenvalue weighted by Gasteiger charge is -2.39. The summed E-state index contributed by atoms with van der Waals surface area (Å²) in [6.07, 6.45) is 9.11. The van der Waals surface area contributed by atoms with Gasteiger partial charge in [-0.15, -0.1) is 35.7 Å². The molecule has 0 spiro atoms. The summed E-state index contributed by atoms with van der Waals surface area (Å²) in [7, 11) is 1.86. The van der Waals surface area contributed by atoms with Crippen molar-refractivity contribution in [3.05, 3.63) is 48.5 Å². The fourth-order valence-corrected chi connectivity index (χ4v) is 3.76. The molecule has 1 aromatic heterocycles. The number of hydrogen-bond donors (Lipinski definition) is 1. The zero-order chi connectivity index (χ0) is 17.6. The van der Waals surface area contributed by atoms with Gasteiger partial charge < -0.3 is 14.8 Å². The second-order valence-corrected chi connectivity index (χ2v) is 7.42. The van der Waals surface area contributed by atoms with Crippen LogP contribution in [0.25, 0.3) is 0 Å². The summed E-state index contributed by atoms with van der Waals surface area (Å²) in [5.41, 5.74) is 1.27. The molecule has 7 heteroatoms. The van der Waals surface area contributed by atoms with E-state index in [1.807, 2.05) is 19.6 Å². The minimum Gasteiger partial charge on any atom is -0.352 e. The molecular formula is C19H28IN5S. The van der Waals surface area contributed by atoms with E-state index in [0.29, 0.717) is 12.0 Å². The molecule has 1 saturated heterocycles. The predicted octanol–water partition coefficient (Wildman–Crippen LogP) is 3.88. The molecule has 1 aliphatic heterocycles. The molecule has 0 amide bonds. The van der Waals surface area contributed by atoms with E-state index in [-0.39, 0.29) is 24.0 Å². The molecule has 0 aliphatic carbocycles. The number of guanidine groups is 1. The van der Waals surface area contributed by atoms with Gasteiger partial charge in [0, 0.05) is 44.0 Å². The molecule has 2 unspecified atom stereocenters. The van der Waals surface area contributed by atoms with E-state index in [2.05, 4.69) is 68.4 Å². The first kappa shape index (κ1) is 21.1. The van der Waals surface area contributed by atoms with Crippen molar-refractivity contribution in [3.63, 3.8) is 0 Å². The third-order valence-corrected chi connectivity index (χ3v) is 5.69. The molecule has 0 bridgehead atoms. The van der Waals surface area contributed by atoms with E-state index in [0.717, 1.165) is 32.0 Å². The number of aromatic nitrogens is 2. The number of piperidine rings is 1. The number of nitrogens with one attached hydrogen (secondary N) is 1. The average molecular weight is 485 g/mol. The Hall–Kier alpha value is -1.22. The second-order valence-electron chi connectivity index (χ2n) is 6.54. The van der Waals surface area contributed by atoms with E-state index in [1.165, 1.54) is 10.5 Å². The summed E-state index contributed by atoms with van der Waals surface area (Å²) in [4.78, 5) is 12.4. The average Bonchev–Trinajstić information content (AvgIpc) is 3.18. The standard InChI is InChI=1S/C19H27N5S.HI/c1-15-8-10-23(13-18(15)24-11-9-21-14-24)19(20-2)22-12-16-4-6-17(25-3)7-5-16;/h4-7,9,11,14-15,18H,8,10,12-13H2,1-3H3,(H,20,22);1H. The summed E-state index contributed by atoms with van der Waals surface area (Å²) in [5, 5.41) is 3.52. The van der Waals surface area contributed by atoms with Gasteiger partial charge in [0.1, 0.15) is 0 Å². The van der Waals surface area contributed by atoms with E-state index < -0.39 is 0 Å². The molecule has 1 aliphatic rings. The highest BCUT2D eigenvalue weighted by Gasteiger charge is 2.28. The minimum atomic E-state index is 0. The summed E-state index contributed by atoms with van der Waals surface area (Å²) in [6.45, 7) is 5.12. The molecule has 1 N–H and O–H groups in total. The highest BCUT2D eigenvalue weighted by molar-refractivity contribution is 14.0. The molecule has 2 heterocycles. The van der Waals surface area contributed by atoms with E-state index >= 15 is 0 Å². The molecule has 5 nitrogen and oxygen atoms in total. The van der Waals surface area contributed by atoms with Crippen molar-refractivity contribution in [2.45, 2.75) is 30.8 Å². The molecular weight excluding hydrogens is 457 g/mol. The van der Waals surface area contributed by atoms with Crippen molar-refractivity contribution < 1.29 is 0 Å². The third-order valence-electron chi connectivity index (χ3n) is 4.95. The molecule has 2 aromatic rings. The van der Waals surface area contributed by atoms with Crippen LogP contribution >= 0.6 is 35.7 Å². The van der Waals surface area contributed by atoms with Gasteiger partial charge in [0.05, 0.1) is 12.4 Å². The molecule has 1 aromatic carbocycles. The SMILES string of the molecule is CN=C(NCc1ccc(SC)cc1)N1CCC(C)C(n2ccnc2)C1.I. The Bertz CT molecular complexity index is 686. The summed E-state index contributed by atoms with van der Waals surface area (Å²) in [6, 6.07) is 9.14. The monoisotopic (exact) mass is 485 g/mol. The Labute approximate surface area is 177 Å². The van der Waals surface area contributed by atoms with Crippen LogP contribution in [0.3, 0.4) is 0 Å². The van der Waals surface area contributed by atoms with Crippen molar-refractivity contribution in [2.75, 3.05) is 26.4 Å². The van der Waals surface area contributed by atoms with Gasteiger partial charge in [-0.1, -0.05) is 19.1 Å². The van der Waals surface area contributed by atoms with Crippen LogP contribution in [0.4, 0.5) is 0 Å². The van der Waals surface area contributed by atoms with Gasteiger partial charge in [-0.25, -0.2) is 4.98 Å². The number of nitrogens with zero attached hydrogens (tertiary/aromatic N) is 4. The number of benzene rings is 1. The first-order valence-corrected chi connectivity index (χ1v) is 9.99. The van der Waals surface area contributed by atoms with Gasteiger partial charge in [0.25, 0.3) is 0 Å². The predicted molar refractivity (Wildman–Crippen MR) is 120 cm³/mol. The lowest BCUT2D eigenvalue weighted by molar-refractivity contribution is 0.189. The Morgan fingerprint density at radius 1 is 1.35 bits per heavy atom. The second kappa shape index (κ2) is 10.2. The normalized spacial score (nSPS) is 20.6. The highest BCUT2D eigenvalue weighted by atomic mass is 127. The van der Waals surface area contributed by atoms with Crippen LogP contribution in [0.15, 0.2) is 52.9 Å². The zero-order valence-corrected chi connectivity index (χ0v) is 18.8. The fraction of sp³-hybridized carbons (Fsp3) is 0.474. The van der Waals surface area contributed by atoms with Crippen LogP contribution in [-0.4, -0.2) is 46.8 Å². The smallest absolute Gasteiger partial charge is 0.193 e. The van der Waals surface area contributed by atoms with E-state index in [9.17, 15) is 0 Å². The maximum absolute atomic E-state index is 4.50. The van der Waals surface area contributed by atoms with Gasteiger partial charge in [0.2, 0.25) is 0 Å². The van der Waals surface area contributed by atoms with Crippen LogP contribution in [0, 0.1) is 5.92 Å². The molecule has 2 atom stereocenters.